The first-order valence-electron chi connectivity index (χ1n) is 3.81. The smallest absolute Gasteiger partial charge is 0.209 e. The molecule has 0 aliphatic rings. The molecule has 4 heteroatoms. The maximum atomic E-state index is 10.1. The van der Waals surface area contributed by atoms with E-state index in [0.29, 0.717) is 6.42 Å². The van der Waals surface area contributed by atoms with Crippen LogP contribution in [0.15, 0.2) is 24.5 Å². The largest absolute Gasteiger partial charge is 0.354 e. The molecule has 1 aromatic heterocycles. The molecule has 12 heavy (non-hydrogen) atoms. The molecule has 1 rings (SSSR count). The molecule has 0 amide bonds. The van der Waals surface area contributed by atoms with Gasteiger partial charge in [-0.05, 0) is 25.0 Å². The lowest BCUT2D eigenvalue weighted by Crippen LogP contribution is -1.93. The Kier molecular flexibility index (Phi) is 3.60. The van der Waals surface area contributed by atoms with E-state index in [0.717, 1.165) is 13.0 Å². The second kappa shape index (κ2) is 4.77. The topological polar surface area (TPSA) is 39.1 Å². The van der Waals surface area contributed by atoms with Gasteiger partial charge in [0, 0.05) is 24.3 Å². The highest BCUT2D eigenvalue weighted by molar-refractivity contribution is 7.71. The van der Waals surface area contributed by atoms with E-state index in [-0.39, 0.29) is 0 Å². The Morgan fingerprint density at radius 3 is 2.50 bits per heavy atom. The van der Waals surface area contributed by atoms with Gasteiger partial charge in [0.1, 0.15) is 0 Å². The lowest BCUT2D eigenvalue weighted by atomic mass is 10.3. The van der Waals surface area contributed by atoms with E-state index in [2.05, 4.69) is 0 Å². The summed E-state index contributed by atoms with van der Waals surface area (Å²) in [5.41, 5.74) is 0. The summed E-state index contributed by atoms with van der Waals surface area (Å²) in [5.74, 6) is 0. The zero-order chi connectivity index (χ0) is 8.81. The van der Waals surface area contributed by atoms with Gasteiger partial charge in [-0.3, -0.25) is 0 Å². The molecule has 0 aliphatic heterocycles. The Bertz CT molecular complexity index is 329. The van der Waals surface area contributed by atoms with Crippen molar-refractivity contribution in [1.29, 1.82) is 0 Å². The van der Waals surface area contributed by atoms with Crippen molar-refractivity contribution in [3.8, 4) is 0 Å². The molecule has 1 heterocycles. The molecule has 0 radical (unpaired) electrons. The Morgan fingerprint density at radius 2 is 1.92 bits per heavy atom. The molecule has 0 saturated heterocycles. The lowest BCUT2D eigenvalue weighted by molar-refractivity contribution is 0.626. The number of unbranched alkanes of at least 4 members (excludes halogenated alkanes) is 1. The summed E-state index contributed by atoms with van der Waals surface area (Å²) >= 11 is 0. The van der Waals surface area contributed by atoms with Crippen LogP contribution in [0.3, 0.4) is 0 Å². The van der Waals surface area contributed by atoms with Crippen molar-refractivity contribution in [2.75, 3.05) is 0 Å². The Balaban J connectivity index is 2.24. The van der Waals surface area contributed by atoms with Crippen LogP contribution in [0.5, 0.6) is 0 Å². The number of aromatic nitrogens is 1. The number of hydrogen-bond acceptors (Lipinski definition) is 2. The molecular weight excluding hydrogens is 174 g/mol. The summed E-state index contributed by atoms with van der Waals surface area (Å²) in [7, 11) is -2.00. The predicted octanol–water partition coefficient (Wildman–Crippen LogP) is 0.950. The van der Waals surface area contributed by atoms with Gasteiger partial charge < -0.3 is 4.57 Å². The van der Waals surface area contributed by atoms with Gasteiger partial charge in [0.2, 0.25) is 10.3 Å². The van der Waals surface area contributed by atoms with Crippen molar-refractivity contribution in [2.24, 2.45) is 0 Å². The van der Waals surface area contributed by atoms with Crippen molar-refractivity contribution >= 4 is 15.7 Å². The first-order valence-corrected chi connectivity index (χ1v) is 4.95. The van der Waals surface area contributed by atoms with Crippen molar-refractivity contribution in [3.63, 3.8) is 0 Å². The summed E-state index contributed by atoms with van der Waals surface area (Å²) in [6, 6.07) is 3.91. The lowest BCUT2D eigenvalue weighted by Gasteiger charge is -1.97. The van der Waals surface area contributed by atoms with Crippen LogP contribution >= 0.6 is 0 Å². The van der Waals surface area contributed by atoms with Crippen molar-refractivity contribution < 1.29 is 8.42 Å². The van der Waals surface area contributed by atoms with Crippen LogP contribution in [-0.2, 0) is 16.8 Å². The number of nitrogens with zero attached hydrogens (tertiary/aromatic N) is 1. The Hall–Kier alpha value is -1.03. The molecule has 66 valence electrons. The van der Waals surface area contributed by atoms with Gasteiger partial charge in [0.05, 0.1) is 0 Å². The summed E-state index contributed by atoms with van der Waals surface area (Å²) in [4.78, 5) is 0. The third kappa shape index (κ3) is 3.39. The van der Waals surface area contributed by atoms with Crippen LogP contribution in [0.4, 0.5) is 0 Å². The molecule has 0 spiro atoms. The highest BCUT2D eigenvalue weighted by Gasteiger charge is 1.87. The average Bonchev–Trinajstić information content (AvgIpc) is 2.49. The SMILES string of the molecule is O=S(=O)=CCCCn1cccc1. The minimum absolute atomic E-state index is 0.619. The zero-order valence-electron chi connectivity index (χ0n) is 6.68. The van der Waals surface area contributed by atoms with E-state index in [4.69, 9.17) is 0 Å². The fourth-order valence-electron chi connectivity index (χ4n) is 0.973. The minimum atomic E-state index is -2.00. The van der Waals surface area contributed by atoms with Crippen LogP contribution in [0, 0.1) is 0 Å². The van der Waals surface area contributed by atoms with Crippen LogP contribution in [0.2, 0.25) is 0 Å². The molecule has 0 fully saturated rings. The van der Waals surface area contributed by atoms with Gasteiger partial charge in [-0.15, -0.1) is 0 Å². The van der Waals surface area contributed by atoms with Crippen LogP contribution in [0.1, 0.15) is 12.8 Å². The highest BCUT2D eigenvalue weighted by Crippen LogP contribution is 1.94. The van der Waals surface area contributed by atoms with E-state index in [9.17, 15) is 8.42 Å². The average molecular weight is 185 g/mol. The Morgan fingerprint density at radius 1 is 1.25 bits per heavy atom. The third-order valence-corrected chi connectivity index (χ3v) is 2.05. The quantitative estimate of drug-likeness (QED) is 0.517. The summed E-state index contributed by atoms with van der Waals surface area (Å²) < 4.78 is 22.2. The number of rotatable bonds is 4. The van der Waals surface area contributed by atoms with Gasteiger partial charge in [-0.25, -0.2) is 0 Å². The second-order valence-corrected chi connectivity index (χ2v) is 3.34. The molecule has 1 aromatic rings. The molecule has 0 unspecified atom stereocenters. The van der Waals surface area contributed by atoms with E-state index in [1.54, 1.807) is 0 Å². The third-order valence-electron chi connectivity index (χ3n) is 1.54. The molecule has 0 N–H and O–H groups in total. The van der Waals surface area contributed by atoms with Crippen molar-refractivity contribution in [2.45, 2.75) is 19.4 Å². The fraction of sp³-hybridized carbons (Fsp3) is 0.375. The molecule has 0 bridgehead atoms. The second-order valence-electron chi connectivity index (χ2n) is 2.49. The highest BCUT2D eigenvalue weighted by atomic mass is 32.2. The van der Waals surface area contributed by atoms with Gasteiger partial charge >= 0.3 is 0 Å². The molecule has 0 saturated carbocycles. The first kappa shape index (κ1) is 9.06. The maximum Gasteiger partial charge on any atom is 0.209 e. The first-order chi connectivity index (χ1) is 5.79. The molecule has 0 aromatic carbocycles. The van der Waals surface area contributed by atoms with Gasteiger partial charge in [0.25, 0.3) is 0 Å². The Labute approximate surface area is 73.2 Å². The standard InChI is InChI=1S/C8H11NO2S/c10-12(11)8-4-3-7-9-5-1-2-6-9/h1-2,5-6,8H,3-4,7H2. The van der Waals surface area contributed by atoms with Gasteiger partial charge in [-0.2, -0.15) is 8.42 Å². The molecule has 0 aliphatic carbocycles. The normalized spacial score (nSPS) is 9.67. The summed E-state index contributed by atoms with van der Waals surface area (Å²) in [6.45, 7) is 0.876. The van der Waals surface area contributed by atoms with E-state index >= 15 is 0 Å². The van der Waals surface area contributed by atoms with Crippen molar-refractivity contribution in [3.05, 3.63) is 24.5 Å². The molecule has 0 atom stereocenters. The number of aryl methyl sites for hydroxylation is 1. The molecule has 3 nitrogen and oxygen atoms in total. The monoisotopic (exact) mass is 185 g/mol. The van der Waals surface area contributed by atoms with Crippen LogP contribution in [-0.4, -0.2) is 18.4 Å². The van der Waals surface area contributed by atoms with Gasteiger partial charge in [-0.1, -0.05) is 0 Å². The maximum absolute atomic E-state index is 10.1. The summed E-state index contributed by atoms with van der Waals surface area (Å²) in [5, 5.41) is 1.30. The van der Waals surface area contributed by atoms with E-state index < -0.39 is 10.3 Å². The summed E-state index contributed by atoms with van der Waals surface area (Å²) in [6.07, 6.45) is 5.42. The minimum Gasteiger partial charge on any atom is -0.354 e. The predicted molar refractivity (Wildman–Crippen MR) is 48.6 cm³/mol. The van der Waals surface area contributed by atoms with Gasteiger partial charge in [0.15, 0.2) is 0 Å². The zero-order valence-corrected chi connectivity index (χ0v) is 7.50. The van der Waals surface area contributed by atoms with Crippen molar-refractivity contribution in [1.82, 2.24) is 4.57 Å². The van der Waals surface area contributed by atoms with E-state index in [1.165, 1.54) is 5.37 Å². The fourth-order valence-corrected chi connectivity index (χ4v) is 1.33. The van der Waals surface area contributed by atoms with E-state index in [1.807, 2.05) is 29.1 Å². The van der Waals surface area contributed by atoms with Crippen LogP contribution in [0.25, 0.3) is 0 Å². The molecular formula is C8H11NO2S. The number of hydrogen-bond donors (Lipinski definition) is 0. The van der Waals surface area contributed by atoms with Crippen LogP contribution < -0.4 is 0 Å².